The van der Waals surface area contributed by atoms with Crippen molar-refractivity contribution in [1.29, 1.82) is 0 Å². The van der Waals surface area contributed by atoms with Crippen LogP contribution in [0.4, 0.5) is 0 Å². The van der Waals surface area contributed by atoms with E-state index in [-0.39, 0.29) is 6.54 Å². The van der Waals surface area contributed by atoms with Gasteiger partial charge in [-0.2, -0.15) is 0 Å². The largest absolute Gasteiger partial charge is 0.375 e. The Morgan fingerprint density at radius 1 is 1.62 bits per heavy atom. The lowest BCUT2D eigenvalue weighted by atomic mass is 10.2. The van der Waals surface area contributed by atoms with E-state index < -0.39 is 5.72 Å². The molecular weight excluding hydrogens is 104 g/mol. The van der Waals surface area contributed by atoms with Crippen LogP contribution in [-0.4, -0.2) is 36.4 Å². The fraction of sp³-hybridized carbons (Fsp3) is 1.00. The zero-order valence-corrected chi connectivity index (χ0v) is 5.68. The maximum Gasteiger partial charge on any atom is 0.127 e. The summed E-state index contributed by atoms with van der Waals surface area (Å²) in [7, 11) is 3.57. The first-order valence-electron chi connectivity index (χ1n) is 2.60. The van der Waals surface area contributed by atoms with Gasteiger partial charge in [0.15, 0.2) is 0 Å². The Balaban J connectivity index is 3.71. The number of likely N-dealkylation sites (N-methyl/N-ethyl adjacent to an activating group) is 1. The van der Waals surface area contributed by atoms with E-state index in [1.807, 2.05) is 0 Å². The summed E-state index contributed by atoms with van der Waals surface area (Å²) in [4.78, 5) is 1.67. The first-order chi connectivity index (χ1) is 3.50. The summed E-state index contributed by atoms with van der Waals surface area (Å²) in [6, 6.07) is 0. The summed E-state index contributed by atoms with van der Waals surface area (Å²) in [6.45, 7) is 1.94. The topological polar surface area (TPSA) is 49.5 Å². The summed E-state index contributed by atoms with van der Waals surface area (Å²) in [6.07, 6.45) is 0. The third-order valence-corrected chi connectivity index (χ3v) is 1.35. The van der Waals surface area contributed by atoms with Gasteiger partial charge in [0.2, 0.25) is 0 Å². The molecule has 3 nitrogen and oxygen atoms in total. The van der Waals surface area contributed by atoms with Gasteiger partial charge in [-0.15, -0.1) is 0 Å². The first kappa shape index (κ1) is 7.88. The zero-order valence-electron chi connectivity index (χ0n) is 5.68. The minimum Gasteiger partial charge on any atom is -0.375 e. The van der Waals surface area contributed by atoms with E-state index in [1.54, 1.807) is 25.9 Å². The lowest BCUT2D eigenvalue weighted by molar-refractivity contribution is -0.0566. The maximum atomic E-state index is 9.20. The fourth-order valence-electron chi connectivity index (χ4n) is 0.183. The van der Waals surface area contributed by atoms with Crippen molar-refractivity contribution in [3.05, 3.63) is 0 Å². The summed E-state index contributed by atoms with van der Waals surface area (Å²) < 4.78 is 0. The van der Waals surface area contributed by atoms with E-state index in [4.69, 9.17) is 5.73 Å². The van der Waals surface area contributed by atoms with Gasteiger partial charge in [-0.1, -0.05) is 0 Å². The van der Waals surface area contributed by atoms with Crippen molar-refractivity contribution in [2.24, 2.45) is 5.73 Å². The van der Waals surface area contributed by atoms with Crippen LogP contribution in [0.1, 0.15) is 6.92 Å². The van der Waals surface area contributed by atoms with Crippen LogP contribution in [0.3, 0.4) is 0 Å². The van der Waals surface area contributed by atoms with Gasteiger partial charge in [0.25, 0.3) is 0 Å². The smallest absolute Gasteiger partial charge is 0.127 e. The predicted molar refractivity (Wildman–Crippen MR) is 33.4 cm³/mol. The van der Waals surface area contributed by atoms with Crippen LogP contribution in [0.5, 0.6) is 0 Å². The van der Waals surface area contributed by atoms with Crippen molar-refractivity contribution in [2.75, 3.05) is 20.6 Å². The zero-order chi connectivity index (χ0) is 6.78. The predicted octanol–water partition coefficient (Wildman–Crippen LogP) is -0.785. The lowest BCUT2D eigenvalue weighted by Gasteiger charge is -2.28. The molecule has 0 aliphatic rings. The van der Waals surface area contributed by atoms with E-state index >= 15 is 0 Å². The quantitative estimate of drug-likeness (QED) is 0.467. The van der Waals surface area contributed by atoms with E-state index in [9.17, 15) is 5.11 Å². The van der Waals surface area contributed by atoms with Gasteiger partial charge in [0.1, 0.15) is 5.72 Å². The van der Waals surface area contributed by atoms with Gasteiger partial charge in [-0.25, -0.2) is 0 Å². The molecule has 0 aliphatic carbocycles. The fourth-order valence-corrected chi connectivity index (χ4v) is 0.183. The highest BCUT2D eigenvalue weighted by molar-refractivity contribution is 4.68. The van der Waals surface area contributed by atoms with Gasteiger partial charge in [-0.05, 0) is 21.0 Å². The van der Waals surface area contributed by atoms with Crippen LogP contribution in [-0.2, 0) is 0 Å². The Labute approximate surface area is 50.1 Å². The van der Waals surface area contributed by atoms with E-state index in [0.717, 1.165) is 0 Å². The van der Waals surface area contributed by atoms with E-state index in [2.05, 4.69) is 0 Å². The van der Waals surface area contributed by atoms with Crippen LogP contribution in [0.2, 0.25) is 0 Å². The molecule has 3 N–H and O–H groups in total. The molecule has 0 fully saturated rings. The Bertz CT molecular complexity index is 70.8. The molecular formula is C5H14N2O. The van der Waals surface area contributed by atoms with Crippen LogP contribution < -0.4 is 5.73 Å². The average molecular weight is 118 g/mol. The van der Waals surface area contributed by atoms with Crippen LogP contribution in [0.15, 0.2) is 0 Å². The number of rotatable bonds is 2. The second-order valence-corrected chi connectivity index (χ2v) is 2.32. The normalized spacial score (nSPS) is 18.8. The first-order valence-corrected chi connectivity index (χ1v) is 2.60. The molecule has 0 rings (SSSR count). The summed E-state index contributed by atoms with van der Waals surface area (Å²) >= 11 is 0. The summed E-state index contributed by atoms with van der Waals surface area (Å²) in [5, 5.41) is 9.20. The van der Waals surface area contributed by atoms with Crippen molar-refractivity contribution in [3.63, 3.8) is 0 Å². The molecule has 0 saturated heterocycles. The van der Waals surface area contributed by atoms with Crippen molar-refractivity contribution >= 4 is 0 Å². The molecule has 1 unspecified atom stereocenters. The van der Waals surface area contributed by atoms with Crippen molar-refractivity contribution in [3.8, 4) is 0 Å². The molecule has 0 aromatic heterocycles. The number of hydrogen-bond donors (Lipinski definition) is 2. The minimum atomic E-state index is -0.847. The van der Waals surface area contributed by atoms with Gasteiger partial charge in [-0.3, -0.25) is 4.90 Å². The molecule has 50 valence electrons. The Hall–Kier alpha value is -0.120. The van der Waals surface area contributed by atoms with Gasteiger partial charge in [0, 0.05) is 6.54 Å². The van der Waals surface area contributed by atoms with Crippen LogP contribution >= 0.6 is 0 Å². The molecule has 0 aromatic rings. The molecule has 0 amide bonds. The SMILES string of the molecule is CN(C)C(C)(O)CN. The molecule has 0 bridgehead atoms. The van der Waals surface area contributed by atoms with Crippen molar-refractivity contribution in [1.82, 2.24) is 4.90 Å². The van der Waals surface area contributed by atoms with Crippen molar-refractivity contribution in [2.45, 2.75) is 12.6 Å². The molecule has 0 saturated carbocycles. The third kappa shape index (κ3) is 1.78. The molecule has 0 spiro atoms. The molecule has 0 heterocycles. The highest BCUT2D eigenvalue weighted by atomic mass is 16.3. The third-order valence-electron chi connectivity index (χ3n) is 1.35. The monoisotopic (exact) mass is 118 g/mol. The molecule has 0 aliphatic heterocycles. The Morgan fingerprint density at radius 3 is 2.00 bits per heavy atom. The lowest BCUT2D eigenvalue weighted by Crippen LogP contribution is -2.47. The molecule has 1 atom stereocenters. The number of hydrogen-bond acceptors (Lipinski definition) is 3. The van der Waals surface area contributed by atoms with Gasteiger partial charge < -0.3 is 10.8 Å². The number of nitrogens with two attached hydrogens (primary N) is 1. The molecule has 8 heavy (non-hydrogen) atoms. The van der Waals surface area contributed by atoms with E-state index in [1.165, 1.54) is 0 Å². The van der Waals surface area contributed by atoms with Crippen molar-refractivity contribution < 1.29 is 5.11 Å². The van der Waals surface area contributed by atoms with E-state index in [0.29, 0.717) is 0 Å². The second kappa shape index (κ2) is 2.44. The Morgan fingerprint density at radius 2 is 2.00 bits per heavy atom. The Kier molecular flexibility index (Phi) is 2.40. The van der Waals surface area contributed by atoms with Gasteiger partial charge >= 0.3 is 0 Å². The standard InChI is InChI=1S/C5H14N2O/c1-5(8,4-6)7(2)3/h8H,4,6H2,1-3H3. The second-order valence-electron chi connectivity index (χ2n) is 2.32. The summed E-state index contributed by atoms with van der Waals surface area (Å²) in [5.41, 5.74) is 4.37. The van der Waals surface area contributed by atoms with Crippen LogP contribution in [0, 0.1) is 0 Å². The molecule has 0 radical (unpaired) electrons. The molecule has 0 aromatic carbocycles. The average Bonchev–Trinajstić information content (AvgIpc) is 1.67. The number of aliphatic hydroxyl groups is 1. The highest BCUT2D eigenvalue weighted by Crippen LogP contribution is 2.01. The van der Waals surface area contributed by atoms with Gasteiger partial charge in [0.05, 0.1) is 0 Å². The molecule has 3 heteroatoms. The summed E-state index contributed by atoms with van der Waals surface area (Å²) in [5.74, 6) is 0. The maximum absolute atomic E-state index is 9.20. The minimum absolute atomic E-state index is 0.264. The number of nitrogens with zero attached hydrogens (tertiary/aromatic N) is 1. The van der Waals surface area contributed by atoms with Crippen LogP contribution in [0.25, 0.3) is 0 Å². The highest BCUT2D eigenvalue weighted by Gasteiger charge is 2.19.